The van der Waals surface area contributed by atoms with Gasteiger partial charge in [0.1, 0.15) is 17.2 Å². The molecule has 0 fully saturated rings. The van der Waals surface area contributed by atoms with Gasteiger partial charge in [-0.05, 0) is 61.5 Å². The van der Waals surface area contributed by atoms with Crippen LogP contribution in [-0.2, 0) is 4.79 Å². The number of nitrogens with zero attached hydrogens (tertiary/aromatic N) is 2. The van der Waals surface area contributed by atoms with Gasteiger partial charge in [-0.1, -0.05) is 0 Å². The number of nitrogens with one attached hydrogen (secondary N) is 1. The predicted molar refractivity (Wildman–Crippen MR) is 100 cm³/mol. The molecule has 0 bridgehead atoms. The Balaban J connectivity index is 1.54. The average Bonchev–Trinajstić information content (AvgIpc) is 2.71. The molecule has 3 aromatic rings. The van der Waals surface area contributed by atoms with E-state index in [0.717, 1.165) is 5.75 Å². The van der Waals surface area contributed by atoms with Gasteiger partial charge in [-0.3, -0.25) is 4.79 Å². The van der Waals surface area contributed by atoms with Crippen LogP contribution in [0.15, 0.2) is 67.0 Å². The van der Waals surface area contributed by atoms with Gasteiger partial charge in [0.25, 0.3) is 5.91 Å². The lowest BCUT2D eigenvalue weighted by Gasteiger charge is -2.15. The molecule has 0 saturated carbocycles. The Bertz CT molecular complexity index is 868. The monoisotopic (exact) mass is 365 g/mol. The van der Waals surface area contributed by atoms with Gasteiger partial charge in [-0.2, -0.15) is 0 Å². The second-order valence-electron chi connectivity index (χ2n) is 5.58. The standard InChI is InChI=1S/C20H19N3O4/c1-14(26-17-10-8-16(25-2)9-11-17)19(24)23-15-4-6-18(7-5-15)27-20-21-12-3-13-22-20/h3-14H,1-2H3,(H,23,24). The quantitative estimate of drug-likeness (QED) is 0.688. The van der Waals surface area contributed by atoms with Crippen molar-refractivity contribution < 1.29 is 19.0 Å². The van der Waals surface area contributed by atoms with Gasteiger partial charge in [-0.15, -0.1) is 0 Å². The first-order valence-corrected chi connectivity index (χ1v) is 8.30. The van der Waals surface area contributed by atoms with Crippen molar-refractivity contribution in [3.05, 3.63) is 67.0 Å². The van der Waals surface area contributed by atoms with Crippen LogP contribution in [0.1, 0.15) is 6.92 Å². The summed E-state index contributed by atoms with van der Waals surface area (Å²) in [6, 6.07) is 15.9. The molecule has 138 valence electrons. The molecule has 1 amide bonds. The summed E-state index contributed by atoms with van der Waals surface area (Å²) < 4.78 is 16.3. The second kappa shape index (κ2) is 8.66. The Labute approximate surface area is 156 Å². The summed E-state index contributed by atoms with van der Waals surface area (Å²) in [7, 11) is 1.59. The maximum absolute atomic E-state index is 12.3. The number of amides is 1. The van der Waals surface area contributed by atoms with E-state index in [1.54, 1.807) is 81.0 Å². The van der Waals surface area contributed by atoms with E-state index in [2.05, 4.69) is 15.3 Å². The zero-order valence-corrected chi connectivity index (χ0v) is 15.0. The number of ether oxygens (including phenoxy) is 3. The third-order valence-electron chi connectivity index (χ3n) is 3.61. The highest BCUT2D eigenvalue weighted by Crippen LogP contribution is 2.21. The van der Waals surface area contributed by atoms with Crippen molar-refractivity contribution in [2.24, 2.45) is 0 Å². The fourth-order valence-corrected chi connectivity index (χ4v) is 2.21. The lowest BCUT2D eigenvalue weighted by atomic mass is 10.2. The Kier molecular flexibility index (Phi) is 5.84. The van der Waals surface area contributed by atoms with Crippen LogP contribution in [-0.4, -0.2) is 29.1 Å². The molecule has 1 N–H and O–H groups in total. The molecule has 1 unspecified atom stereocenters. The minimum Gasteiger partial charge on any atom is -0.497 e. The fourth-order valence-electron chi connectivity index (χ4n) is 2.21. The first kappa shape index (κ1) is 18.2. The highest BCUT2D eigenvalue weighted by molar-refractivity contribution is 5.94. The normalized spacial score (nSPS) is 11.3. The molecule has 0 spiro atoms. The van der Waals surface area contributed by atoms with E-state index < -0.39 is 6.10 Å². The number of carbonyl (C=O) groups excluding carboxylic acids is 1. The predicted octanol–water partition coefficient (Wildman–Crippen LogP) is 3.68. The third kappa shape index (κ3) is 5.18. The molecule has 3 rings (SSSR count). The maximum atomic E-state index is 12.3. The van der Waals surface area contributed by atoms with Crippen molar-refractivity contribution in [2.45, 2.75) is 13.0 Å². The fraction of sp³-hybridized carbons (Fsp3) is 0.150. The van der Waals surface area contributed by atoms with Gasteiger partial charge in [0, 0.05) is 18.1 Å². The number of rotatable bonds is 7. The van der Waals surface area contributed by atoms with Crippen molar-refractivity contribution in [2.75, 3.05) is 12.4 Å². The summed E-state index contributed by atoms with van der Waals surface area (Å²) in [5.41, 5.74) is 0.631. The molecule has 0 radical (unpaired) electrons. The largest absolute Gasteiger partial charge is 0.497 e. The molecule has 27 heavy (non-hydrogen) atoms. The van der Waals surface area contributed by atoms with Gasteiger partial charge < -0.3 is 19.5 Å². The smallest absolute Gasteiger partial charge is 0.321 e. The van der Waals surface area contributed by atoms with Crippen molar-refractivity contribution in [1.29, 1.82) is 0 Å². The summed E-state index contributed by atoms with van der Waals surface area (Å²) in [6.45, 7) is 1.68. The zero-order valence-electron chi connectivity index (χ0n) is 15.0. The Morgan fingerprint density at radius 2 is 1.52 bits per heavy atom. The van der Waals surface area contributed by atoms with Crippen molar-refractivity contribution >= 4 is 11.6 Å². The van der Waals surface area contributed by atoms with E-state index in [-0.39, 0.29) is 11.9 Å². The molecule has 7 nitrogen and oxygen atoms in total. The van der Waals surface area contributed by atoms with Crippen molar-refractivity contribution in [3.63, 3.8) is 0 Å². The lowest BCUT2D eigenvalue weighted by Crippen LogP contribution is -2.30. The summed E-state index contributed by atoms with van der Waals surface area (Å²) in [4.78, 5) is 20.3. The van der Waals surface area contributed by atoms with Gasteiger partial charge >= 0.3 is 6.01 Å². The first-order chi connectivity index (χ1) is 13.1. The van der Waals surface area contributed by atoms with Crippen LogP contribution >= 0.6 is 0 Å². The van der Waals surface area contributed by atoms with E-state index in [1.807, 2.05) is 0 Å². The number of hydrogen-bond donors (Lipinski definition) is 1. The maximum Gasteiger partial charge on any atom is 0.321 e. The summed E-state index contributed by atoms with van der Waals surface area (Å²) >= 11 is 0. The molecule has 0 aliphatic heterocycles. The highest BCUT2D eigenvalue weighted by atomic mass is 16.5. The third-order valence-corrected chi connectivity index (χ3v) is 3.61. The Morgan fingerprint density at radius 1 is 0.926 bits per heavy atom. The molecule has 7 heteroatoms. The summed E-state index contributed by atoms with van der Waals surface area (Å²) in [5, 5.41) is 2.80. The molecule has 0 aliphatic carbocycles. The molecule has 0 aliphatic rings. The van der Waals surface area contributed by atoms with Gasteiger partial charge in [0.05, 0.1) is 7.11 Å². The van der Waals surface area contributed by atoms with Crippen LogP contribution in [0.3, 0.4) is 0 Å². The number of benzene rings is 2. The van der Waals surface area contributed by atoms with E-state index in [4.69, 9.17) is 14.2 Å². The average molecular weight is 365 g/mol. The second-order valence-corrected chi connectivity index (χ2v) is 5.58. The Hall–Kier alpha value is -3.61. The molecule has 2 aromatic carbocycles. The molecular weight excluding hydrogens is 346 g/mol. The van der Waals surface area contributed by atoms with Gasteiger partial charge in [0.15, 0.2) is 6.10 Å². The number of hydrogen-bond acceptors (Lipinski definition) is 6. The van der Waals surface area contributed by atoms with Crippen LogP contribution < -0.4 is 19.5 Å². The summed E-state index contributed by atoms with van der Waals surface area (Å²) in [5.74, 6) is 1.63. The Morgan fingerprint density at radius 3 is 2.15 bits per heavy atom. The topological polar surface area (TPSA) is 82.6 Å². The molecule has 1 heterocycles. The van der Waals surface area contributed by atoms with E-state index in [1.165, 1.54) is 0 Å². The lowest BCUT2D eigenvalue weighted by molar-refractivity contribution is -0.122. The van der Waals surface area contributed by atoms with Crippen molar-refractivity contribution in [3.8, 4) is 23.3 Å². The molecule has 0 saturated heterocycles. The molecular formula is C20H19N3O4. The SMILES string of the molecule is COc1ccc(OC(C)C(=O)Nc2ccc(Oc3ncccn3)cc2)cc1. The highest BCUT2D eigenvalue weighted by Gasteiger charge is 2.15. The number of methoxy groups -OCH3 is 1. The molecule has 1 atom stereocenters. The minimum atomic E-state index is -0.660. The van der Waals surface area contributed by atoms with Gasteiger partial charge in [-0.25, -0.2) is 9.97 Å². The van der Waals surface area contributed by atoms with Crippen LogP contribution in [0.2, 0.25) is 0 Å². The summed E-state index contributed by atoms with van der Waals surface area (Å²) in [6.07, 6.45) is 2.54. The van der Waals surface area contributed by atoms with E-state index >= 15 is 0 Å². The zero-order chi connectivity index (χ0) is 19.1. The number of anilines is 1. The van der Waals surface area contributed by atoms with Crippen LogP contribution in [0.25, 0.3) is 0 Å². The first-order valence-electron chi connectivity index (χ1n) is 8.30. The molecule has 1 aromatic heterocycles. The number of aromatic nitrogens is 2. The van der Waals surface area contributed by atoms with E-state index in [9.17, 15) is 4.79 Å². The van der Waals surface area contributed by atoms with Crippen LogP contribution in [0.4, 0.5) is 5.69 Å². The van der Waals surface area contributed by atoms with Gasteiger partial charge in [0.2, 0.25) is 0 Å². The van der Waals surface area contributed by atoms with E-state index in [0.29, 0.717) is 17.2 Å². The number of carbonyl (C=O) groups is 1. The minimum absolute atomic E-state index is 0.258. The van der Waals surface area contributed by atoms with Crippen molar-refractivity contribution in [1.82, 2.24) is 9.97 Å². The van der Waals surface area contributed by atoms with Crippen LogP contribution in [0.5, 0.6) is 23.3 Å². The van der Waals surface area contributed by atoms with Crippen LogP contribution in [0, 0.1) is 0 Å².